The van der Waals surface area contributed by atoms with Crippen molar-refractivity contribution in [2.45, 2.75) is 12.8 Å². The number of anilines is 1. The van der Waals surface area contributed by atoms with E-state index in [2.05, 4.69) is 0 Å². The number of carbonyl (C=O) groups is 2. The molecule has 8 heteroatoms. The molecule has 0 atom stereocenters. The number of nitrogens with zero attached hydrogens (tertiary/aromatic N) is 3. The van der Waals surface area contributed by atoms with Crippen LogP contribution in [0.15, 0.2) is 48.5 Å². The van der Waals surface area contributed by atoms with Crippen molar-refractivity contribution in [1.82, 2.24) is 4.90 Å². The van der Waals surface area contributed by atoms with Crippen LogP contribution in [0.25, 0.3) is 0 Å². The lowest BCUT2D eigenvalue weighted by Gasteiger charge is -2.29. The summed E-state index contributed by atoms with van der Waals surface area (Å²) in [6.45, 7) is 0.540. The van der Waals surface area contributed by atoms with Gasteiger partial charge in [-0.25, -0.2) is 0 Å². The minimum atomic E-state index is -0.589. The predicted molar refractivity (Wildman–Crippen MR) is 98.7 cm³/mol. The Balaban J connectivity index is 2.05. The first kappa shape index (κ1) is 18.4. The fraction of sp³-hybridized carbons (Fsp3) is 0.263. The smallest absolute Gasteiger partial charge is 0.282 e. The van der Waals surface area contributed by atoms with Crippen molar-refractivity contribution in [3.63, 3.8) is 0 Å². The van der Waals surface area contributed by atoms with Crippen molar-refractivity contribution in [2.24, 2.45) is 0 Å². The number of ether oxygens (including phenoxy) is 1. The zero-order valence-electron chi connectivity index (χ0n) is 14.8. The average Bonchev–Trinajstić information content (AvgIpc) is 3.10. The van der Waals surface area contributed by atoms with Gasteiger partial charge in [0.05, 0.1) is 17.7 Å². The van der Waals surface area contributed by atoms with Crippen molar-refractivity contribution in [3.8, 4) is 5.75 Å². The summed E-state index contributed by atoms with van der Waals surface area (Å²) in [5, 5.41) is 11.4. The second kappa shape index (κ2) is 7.86. The number of carbonyl (C=O) groups excluding carboxylic acids is 2. The predicted octanol–water partition coefficient (Wildman–Crippen LogP) is 2.83. The maximum absolute atomic E-state index is 13.3. The number of benzene rings is 2. The number of likely N-dealkylation sites (tertiary alicyclic amines) is 1. The van der Waals surface area contributed by atoms with E-state index in [9.17, 15) is 19.7 Å². The summed E-state index contributed by atoms with van der Waals surface area (Å²) in [4.78, 5) is 39.0. The lowest BCUT2D eigenvalue weighted by molar-refractivity contribution is -0.385. The molecular formula is C19H19N3O5. The monoisotopic (exact) mass is 369 g/mol. The van der Waals surface area contributed by atoms with E-state index in [-0.39, 0.29) is 23.8 Å². The molecule has 0 saturated carbocycles. The van der Waals surface area contributed by atoms with Crippen LogP contribution < -0.4 is 9.64 Å². The van der Waals surface area contributed by atoms with Gasteiger partial charge in [-0.1, -0.05) is 24.3 Å². The topological polar surface area (TPSA) is 93.0 Å². The third-order valence-electron chi connectivity index (χ3n) is 4.44. The molecule has 0 N–H and O–H groups in total. The van der Waals surface area contributed by atoms with Gasteiger partial charge in [0.15, 0.2) is 0 Å². The molecule has 0 radical (unpaired) electrons. The third kappa shape index (κ3) is 3.74. The molecule has 27 heavy (non-hydrogen) atoms. The van der Waals surface area contributed by atoms with Crippen LogP contribution >= 0.6 is 0 Å². The molecular weight excluding hydrogens is 350 g/mol. The van der Waals surface area contributed by atoms with E-state index in [0.717, 1.165) is 6.42 Å². The molecule has 140 valence electrons. The van der Waals surface area contributed by atoms with E-state index in [1.807, 2.05) is 0 Å². The summed E-state index contributed by atoms with van der Waals surface area (Å²) in [5.74, 6) is -0.173. The highest BCUT2D eigenvalue weighted by Gasteiger charge is 2.30. The lowest BCUT2D eigenvalue weighted by Crippen LogP contribution is -2.42. The van der Waals surface area contributed by atoms with Gasteiger partial charge >= 0.3 is 0 Å². The summed E-state index contributed by atoms with van der Waals surface area (Å²) < 4.78 is 5.35. The number of nitro groups is 1. The van der Waals surface area contributed by atoms with Crippen LogP contribution in [-0.2, 0) is 4.79 Å². The fourth-order valence-corrected chi connectivity index (χ4v) is 3.09. The summed E-state index contributed by atoms with van der Waals surface area (Å²) in [5.41, 5.74) is 0.123. The highest BCUT2D eigenvalue weighted by molar-refractivity contribution is 6.09. The maximum Gasteiger partial charge on any atom is 0.282 e. The maximum atomic E-state index is 13.3. The Morgan fingerprint density at radius 1 is 1.22 bits per heavy atom. The molecule has 2 aromatic carbocycles. The number of methoxy groups -OCH3 is 1. The van der Waals surface area contributed by atoms with Gasteiger partial charge in [0.1, 0.15) is 18.0 Å². The van der Waals surface area contributed by atoms with Gasteiger partial charge in [-0.05, 0) is 24.6 Å². The van der Waals surface area contributed by atoms with Crippen LogP contribution in [-0.4, -0.2) is 42.0 Å². The van der Waals surface area contributed by atoms with Crippen LogP contribution in [0.2, 0.25) is 0 Å². The molecule has 0 aromatic heterocycles. The van der Waals surface area contributed by atoms with Gasteiger partial charge in [0.25, 0.3) is 11.6 Å². The number of rotatable bonds is 6. The van der Waals surface area contributed by atoms with Crippen LogP contribution in [0.5, 0.6) is 5.75 Å². The van der Waals surface area contributed by atoms with Crippen molar-refractivity contribution >= 4 is 23.2 Å². The second-order valence-electron chi connectivity index (χ2n) is 6.08. The van der Waals surface area contributed by atoms with E-state index >= 15 is 0 Å². The normalized spacial score (nSPS) is 13.5. The zero-order valence-corrected chi connectivity index (χ0v) is 14.8. The highest BCUT2D eigenvalue weighted by atomic mass is 16.6. The van der Waals surface area contributed by atoms with E-state index in [1.54, 1.807) is 35.2 Å². The van der Waals surface area contributed by atoms with E-state index in [1.165, 1.54) is 30.2 Å². The molecule has 1 heterocycles. The number of amides is 2. The van der Waals surface area contributed by atoms with Gasteiger partial charge in [0, 0.05) is 19.0 Å². The summed E-state index contributed by atoms with van der Waals surface area (Å²) in [7, 11) is 1.48. The number of para-hydroxylation sites is 3. The quantitative estimate of drug-likeness (QED) is 0.577. The number of hydrogen-bond donors (Lipinski definition) is 0. The number of nitro benzene ring substituents is 1. The SMILES string of the molecule is COc1ccccc1N(CN1CCCC1=O)C(=O)c1ccccc1[N+](=O)[O-]. The first-order valence-corrected chi connectivity index (χ1v) is 8.49. The zero-order chi connectivity index (χ0) is 19.4. The summed E-state index contributed by atoms with van der Waals surface area (Å²) in [6.07, 6.45) is 1.15. The average molecular weight is 369 g/mol. The second-order valence-corrected chi connectivity index (χ2v) is 6.08. The molecule has 1 fully saturated rings. The molecule has 0 unspecified atom stereocenters. The lowest BCUT2D eigenvalue weighted by atomic mass is 10.1. The van der Waals surface area contributed by atoms with Crippen molar-refractivity contribution in [1.29, 1.82) is 0 Å². The van der Waals surface area contributed by atoms with Crippen LogP contribution in [0.4, 0.5) is 11.4 Å². The van der Waals surface area contributed by atoms with Gasteiger partial charge in [-0.3, -0.25) is 24.6 Å². The Labute approximate surface area is 156 Å². The molecule has 1 saturated heterocycles. The highest BCUT2D eigenvalue weighted by Crippen LogP contribution is 2.31. The molecule has 0 aliphatic carbocycles. The Hall–Kier alpha value is -3.42. The van der Waals surface area contributed by atoms with Crippen molar-refractivity contribution in [2.75, 3.05) is 25.2 Å². The van der Waals surface area contributed by atoms with Crippen molar-refractivity contribution < 1.29 is 19.2 Å². The van der Waals surface area contributed by atoms with Crippen LogP contribution in [0.3, 0.4) is 0 Å². The summed E-state index contributed by atoms with van der Waals surface area (Å²) >= 11 is 0. The fourth-order valence-electron chi connectivity index (χ4n) is 3.09. The van der Waals surface area contributed by atoms with E-state index in [0.29, 0.717) is 24.4 Å². The summed E-state index contributed by atoms with van der Waals surface area (Å²) in [6, 6.07) is 12.7. The van der Waals surface area contributed by atoms with Crippen LogP contribution in [0.1, 0.15) is 23.2 Å². The first-order chi connectivity index (χ1) is 13.0. The Bertz CT molecular complexity index is 883. The number of hydrogen-bond acceptors (Lipinski definition) is 5. The molecule has 1 aliphatic rings. The minimum Gasteiger partial charge on any atom is -0.495 e. The van der Waals surface area contributed by atoms with Crippen LogP contribution in [0, 0.1) is 10.1 Å². The standard InChI is InChI=1S/C19H19N3O5/c1-27-17-10-5-4-9-16(17)21(13-20-12-6-11-18(20)23)19(24)14-7-2-3-8-15(14)22(25)26/h2-5,7-10H,6,11-13H2,1H3. The molecule has 2 amide bonds. The molecule has 8 nitrogen and oxygen atoms in total. The molecule has 1 aliphatic heterocycles. The Morgan fingerprint density at radius 3 is 2.59 bits per heavy atom. The van der Waals surface area contributed by atoms with Gasteiger partial charge in [-0.2, -0.15) is 0 Å². The van der Waals surface area contributed by atoms with E-state index < -0.39 is 10.8 Å². The van der Waals surface area contributed by atoms with Gasteiger partial charge in [0.2, 0.25) is 5.91 Å². The minimum absolute atomic E-state index is 0.00406. The molecule has 3 rings (SSSR count). The molecule has 0 spiro atoms. The van der Waals surface area contributed by atoms with E-state index in [4.69, 9.17) is 4.74 Å². The van der Waals surface area contributed by atoms with Gasteiger partial charge in [-0.15, -0.1) is 0 Å². The molecule has 0 bridgehead atoms. The van der Waals surface area contributed by atoms with Crippen molar-refractivity contribution in [3.05, 3.63) is 64.2 Å². The Kier molecular flexibility index (Phi) is 5.35. The largest absolute Gasteiger partial charge is 0.495 e. The first-order valence-electron chi connectivity index (χ1n) is 8.49. The molecule has 2 aromatic rings. The Morgan fingerprint density at radius 2 is 1.93 bits per heavy atom. The third-order valence-corrected chi connectivity index (χ3v) is 4.44. The van der Waals surface area contributed by atoms with Gasteiger partial charge < -0.3 is 9.64 Å².